The Morgan fingerprint density at radius 1 is 1.29 bits per heavy atom. The van der Waals surface area contributed by atoms with E-state index in [9.17, 15) is 4.79 Å². The monoisotopic (exact) mass is 348 g/mol. The molecule has 0 radical (unpaired) electrons. The highest BCUT2D eigenvalue weighted by molar-refractivity contribution is 9.10. The van der Waals surface area contributed by atoms with Crippen LogP contribution in [-0.2, 0) is 0 Å². The first-order valence-corrected chi connectivity index (χ1v) is 7.31. The van der Waals surface area contributed by atoms with Crippen LogP contribution in [0.2, 0.25) is 0 Å². The lowest BCUT2D eigenvalue weighted by molar-refractivity contribution is 0.0940. The fourth-order valence-corrected chi connectivity index (χ4v) is 2.46. The molecule has 0 heterocycles. The highest BCUT2D eigenvalue weighted by Gasteiger charge is 2.16. The van der Waals surface area contributed by atoms with Crippen LogP contribution >= 0.6 is 15.9 Å². The van der Waals surface area contributed by atoms with Gasteiger partial charge in [0.15, 0.2) is 0 Å². The van der Waals surface area contributed by atoms with Gasteiger partial charge in [-0.3, -0.25) is 4.79 Å². The molecule has 0 aliphatic heterocycles. The number of halogens is 1. The average Bonchev–Trinajstić information content (AvgIpc) is 2.49. The first kappa shape index (κ1) is 15.4. The summed E-state index contributed by atoms with van der Waals surface area (Å²) in [4.78, 5) is 12.3. The van der Waals surface area contributed by atoms with Crippen LogP contribution in [0.25, 0.3) is 0 Å². The molecule has 0 saturated carbocycles. The van der Waals surface area contributed by atoms with Crippen molar-refractivity contribution in [3.63, 3.8) is 0 Å². The SMILES string of the molecule is COc1ccccc1[C@H](C)NC(=O)c1cc(Br)ccc1N. The first-order valence-electron chi connectivity index (χ1n) is 6.51. The third-order valence-corrected chi connectivity index (χ3v) is 3.71. The maximum atomic E-state index is 12.3. The molecule has 5 heteroatoms. The van der Waals surface area contributed by atoms with Crippen LogP contribution in [0.1, 0.15) is 28.9 Å². The summed E-state index contributed by atoms with van der Waals surface area (Å²) >= 11 is 3.34. The Kier molecular flexibility index (Phi) is 4.85. The van der Waals surface area contributed by atoms with Crippen molar-refractivity contribution >= 4 is 27.5 Å². The molecule has 0 spiro atoms. The number of carbonyl (C=O) groups excluding carboxylic acids is 1. The Bertz CT molecular complexity index is 658. The zero-order valence-corrected chi connectivity index (χ0v) is 13.5. The van der Waals surface area contributed by atoms with Crippen molar-refractivity contribution in [3.8, 4) is 5.75 Å². The molecule has 2 aromatic carbocycles. The fourth-order valence-electron chi connectivity index (χ4n) is 2.10. The van der Waals surface area contributed by atoms with Gasteiger partial charge in [-0.25, -0.2) is 0 Å². The van der Waals surface area contributed by atoms with E-state index in [1.807, 2.05) is 31.2 Å². The van der Waals surface area contributed by atoms with Gasteiger partial charge in [0, 0.05) is 15.7 Å². The van der Waals surface area contributed by atoms with Gasteiger partial charge in [0.2, 0.25) is 0 Å². The number of para-hydroxylation sites is 1. The Hall–Kier alpha value is -2.01. The summed E-state index contributed by atoms with van der Waals surface area (Å²) in [5.41, 5.74) is 7.67. The van der Waals surface area contributed by atoms with Crippen molar-refractivity contribution in [1.29, 1.82) is 0 Å². The predicted octanol–water partition coefficient (Wildman–Crippen LogP) is 3.53. The zero-order valence-electron chi connectivity index (χ0n) is 11.9. The number of amides is 1. The number of rotatable bonds is 4. The highest BCUT2D eigenvalue weighted by Crippen LogP contribution is 2.25. The number of nitrogens with two attached hydrogens (primary N) is 1. The molecule has 0 aliphatic rings. The highest BCUT2D eigenvalue weighted by atomic mass is 79.9. The van der Waals surface area contributed by atoms with E-state index < -0.39 is 0 Å². The van der Waals surface area contributed by atoms with Crippen LogP contribution < -0.4 is 15.8 Å². The lowest BCUT2D eigenvalue weighted by Gasteiger charge is -2.18. The van der Waals surface area contributed by atoms with Crippen molar-refractivity contribution in [2.24, 2.45) is 0 Å². The van der Waals surface area contributed by atoms with Crippen LogP contribution in [0.4, 0.5) is 5.69 Å². The molecule has 0 saturated heterocycles. The van der Waals surface area contributed by atoms with Gasteiger partial charge < -0.3 is 15.8 Å². The van der Waals surface area contributed by atoms with Crippen molar-refractivity contribution in [2.45, 2.75) is 13.0 Å². The molecule has 0 aliphatic carbocycles. The number of carbonyl (C=O) groups is 1. The van der Waals surface area contributed by atoms with Crippen molar-refractivity contribution in [2.75, 3.05) is 12.8 Å². The summed E-state index contributed by atoms with van der Waals surface area (Å²) in [5.74, 6) is 0.528. The van der Waals surface area contributed by atoms with E-state index in [1.54, 1.807) is 25.3 Å². The van der Waals surface area contributed by atoms with E-state index in [0.29, 0.717) is 11.3 Å². The molecular weight excluding hydrogens is 332 g/mol. The minimum absolute atomic E-state index is 0.188. The van der Waals surface area contributed by atoms with E-state index in [0.717, 1.165) is 15.8 Å². The largest absolute Gasteiger partial charge is 0.496 e. The molecule has 2 aromatic rings. The predicted molar refractivity (Wildman–Crippen MR) is 87.4 cm³/mol. The number of nitrogens with one attached hydrogen (secondary N) is 1. The normalized spacial score (nSPS) is 11.8. The molecule has 3 N–H and O–H groups in total. The van der Waals surface area contributed by atoms with Gasteiger partial charge in [0.1, 0.15) is 5.75 Å². The Balaban J connectivity index is 2.21. The number of benzene rings is 2. The summed E-state index contributed by atoms with van der Waals surface area (Å²) in [5, 5.41) is 2.94. The zero-order chi connectivity index (χ0) is 15.4. The Labute approximate surface area is 132 Å². The summed E-state index contributed by atoms with van der Waals surface area (Å²) in [6.07, 6.45) is 0. The van der Waals surface area contributed by atoms with Crippen LogP contribution in [-0.4, -0.2) is 13.0 Å². The summed E-state index contributed by atoms with van der Waals surface area (Å²) < 4.78 is 6.12. The molecule has 21 heavy (non-hydrogen) atoms. The maximum Gasteiger partial charge on any atom is 0.253 e. The molecule has 2 rings (SSSR count). The van der Waals surface area contributed by atoms with Gasteiger partial charge in [0.05, 0.1) is 18.7 Å². The number of ether oxygens (including phenoxy) is 1. The number of methoxy groups -OCH3 is 1. The van der Waals surface area contributed by atoms with Gasteiger partial charge in [-0.2, -0.15) is 0 Å². The van der Waals surface area contributed by atoms with Gasteiger partial charge in [-0.15, -0.1) is 0 Å². The molecular formula is C16H17BrN2O2. The Morgan fingerprint density at radius 2 is 2.00 bits per heavy atom. The third-order valence-electron chi connectivity index (χ3n) is 3.21. The number of nitrogen functional groups attached to an aromatic ring is 1. The molecule has 0 fully saturated rings. The van der Waals surface area contributed by atoms with Crippen molar-refractivity contribution < 1.29 is 9.53 Å². The topological polar surface area (TPSA) is 64.3 Å². The van der Waals surface area contributed by atoms with Gasteiger partial charge >= 0.3 is 0 Å². The van der Waals surface area contributed by atoms with E-state index in [1.165, 1.54) is 0 Å². The number of hydrogen-bond donors (Lipinski definition) is 2. The van der Waals surface area contributed by atoms with E-state index in [-0.39, 0.29) is 11.9 Å². The molecule has 4 nitrogen and oxygen atoms in total. The fraction of sp³-hybridized carbons (Fsp3) is 0.188. The average molecular weight is 349 g/mol. The van der Waals surface area contributed by atoms with E-state index in [4.69, 9.17) is 10.5 Å². The Morgan fingerprint density at radius 3 is 2.71 bits per heavy atom. The van der Waals surface area contributed by atoms with Gasteiger partial charge in [0.25, 0.3) is 5.91 Å². The molecule has 110 valence electrons. The van der Waals surface area contributed by atoms with E-state index in [2.05, 4.69) is 21.2 Å². The summed E-state index contributed by atoms with van der Waals surface area (Å²) in [6, 6.07) is 12.6. The smallest absolute Gasteiger partial charge is 0.253 e. The molecule has 1 atom stereocenters. The molecule has 1 amide bonds. The maximum absolute atomic E-state index is 12.3. The molecule has 0 bridgehead atoms. The van der Waals surface area contributed by atoms with Gasteiger partial charge in [-0.1, -0.05) is 34.1 Å². The van der Waals surface area contributed by atoms with Crippen molar-refractivity contribution in [1.82, 2.24) is 5.32 Å². The second kappa shape index (κ2) is 6.63. The lowest BCUT2D eigenvalue weighted by Crippen LogP contribution is -2.27. The van der Waals surface area contributed by atoms with Crippen LogP contribution in [0.3, 0.4) is 0 Å². The molecule has 0 unspecified atom stereocenters. The number of hydrogen-bond acceptors (Lipinski definition) is 3. The van der Waals surface area contributed by atoms with Crippen LogP contribution in [0.15, 0.2) is 46.9 Å². The number of anilines is 1. The quantitative estimate of drug-likeness (QED) is 0.830. The standard InChI is InChI=1S/C16H17BrN2O2/c1-10(12-5-3-4-6-15(12)21-2)19-16(20)13-9-11(17)7-8-14(13)18/h3-10H,18H2,1-2H3,(H,19,20)/t10-/m0/s1. The lowest BCUT2D eigenvalue weighted by atomic mass is 10.1. The third kappa shape index (κ3) is 3.55. The van der Waals surface area contributed by atoms with Crippen LogP contribution in [0.5, 0.6) is 5.75 Å². The minimum Gasteiger partial charge on any atom is -0.496 e. The second-order valence-electron chi connectivity index (χ2n) is 4.67. The van der Waals surface area contributed by atoms with Gasteiger partial charge in [-0.05, 0) is 31.2 Å². The minimum atomic E-state index is -0.216. The second-order valence-corrected chi connectivity index (χ2v) is 5.58. The van der Waals surface area contributed by atoms with Crippen molar-refractivity contribution in [3.05, 3.63) is 58.1 Å². The summed E-state index contributed by atoms with van der Waals surface area (Å²) in [6.45, 7) is 1.91. The van der Waals surface area contributed by atoms with Crippen LogP contribution in [0, 0.1) is 0 Å². The summed E-state index contributed by atoms with van der Waals surface area (Å²) in [7, 11) is 1.61. The first-order chi connectivity index (χ1) is 10.0. The van der Waals surface area contributed by atoms with E-state index >= 15 is 0 Å². The molecule has 0 aromatic heterocycles.